The minimum Gasteiger partial charge on any atom is -0.390 e. The zero-order valence-electron chi connectivity index (χ0n) is 6.55. The van der Waals surface area contributed by atoms with E-state index in [2.05, 4.69) is 0 Å². The predicted octanol–water partition coefficient (Wildman–Crippen LogP) is 1.33. The number of ether oxygens (including phenoxy) is 1. The fourth-order valence-corrected chi connectivity index (χ4v) is 1.53. The van der Waals surface area contributed by atoms with Crippen molar-refractivity contribution in [1.29, 1.82) is 0 Å². The molecule has 2 atom stereocenters. The number of hydrogen-bond acceptors (Lipinski definition) is 2. The molecule has 0 aromatic rings. The Morgan fingerprint density at radius 1 is 1.20 bits per heavy atom. The Kier molecular flexibility index (Phi) is 3.16. The summed E-state index contributed by atoms with van der Waals surface area (Å²) < 4.78 is 5.13. The Hall–Kier alpha value is -0.0800. The van der Waals surface area contributed by atoms with E-state index in [1.54, 1.807) is 7.11 Å². The summed E-state index contributed by atoms with van der Waals surface area (Å²) in [6.45, 7) is 0. The van der Waals surface area contributed by atoms with E-state index in [-0.39, 0.29) is 12.2 Å². The highest BCUT2D eigenvalue weighted by atomic mass is 16.5. The molecule has 1 rings (SSSR count). The maximum Gasteiger partial charge on any atom is 0.0830 e. The number of aliphatic hydroxyl groups is 1. The first-order valence-corrected chi connectivity index (χ1v) is 4.05. The van der Waals surface area contributed by atoms with Gasteiger partial charge in [-0.2, -0.15) is 0 Å². The maximum absolute atomic E-state index is 9.42. The average Bonchev–Trinajstić information content (AvgIpc) is 2.13. The van der Waals surface area contributed by atoms with Crippen molar-refractivity contribution >= 4 is 0 Å². The van der Waals surface area contributed by atoms with Gasteiger partial charge < -0.3 is 9.84 Å². The molecule has 1 fully saturated rings. The SMILES string of the molecule is CO[C@H]1CCCCC[C@@H]1O. The van der Waals surface area contributed by atoms with Gasteiger partial charge in [-0.15, -0.1) is 0 Å². The molecule has 1 N–H and O–H groups in total. The van der Waals surface area contributed by atoms with E-state index >= 15 is 0 Å². The molecule has 0 spiro atoms. The Bertz CT molecular complexity index is 93.3. The van der Waals surface area contributed by atoms with Crippen LogP contribution in [-0.4, -0.2) is 24.4 Å². The second-order valence-corrected chi connectivity index (χ2v) is 2.98. The third kappa shape index (κ3) is 1.96. The summed E-state index contributed by atoms with van der Waals surface area (Å²) in [7, 11) is 1.68. The predicted molar refractivity (Wildman–Crippen MR) is 39.9 cm³/mol. The molecule has 2 nitrogen and oxygen atoms in total. The van der Waals surface area contributed by atoms with Gasteiger partial charge in [-0.1, -0.05) is 19.3 Å². The smallest absolute Gasteiger partial charge is 0.0830 e. The topological polar surface area (TPSA) is 29.5 Å². The van der Waals surface area contributed by atoms with Crippen molar-refractivity contribution in [3.8, 4) is 0 Å². The van der Waals surface area contributed by atoms with Gasteiger partial charge in [0.1, 0.15) is 0 Å². The van der Waals surface area contributed by atoms with Crippen LogP contribution in [0.2, 0.25) is 0 Å². The molecular weight excluding hydrogens is 128 g/mol. The van der Waals surface area contributed by atoms with E-state index in [1.165, 1.54) is 12.8 Å². The number of rotatable bonds is 1. The Labute approximate surface area is 62.2 Å². The first kappa shape index (κ1) is 8.02. The zero-order chi connectivity index (χ0) is 7.40. The number of aliphatic hydroxyl groups excluding tert-OH is 1. The van der Waals surface area contributed by atoms with E-state index in [9.17, 15) is 5.11 Å². The van der Waals surface area contributed by atoms with E-state index in [4.69, 9.17) is 4.74 Å². The first-order valence-electron chi connectivity index (χ1n) is 4.05. The Morgan fingerprint density at radius 2 is 1.90 bits per heavy atom. The minimum atomic E-state index is -0.215. The van der Waals surface area contributed by atoms with Crippen LogP contribution >= 0.6 is 0 Å². The third-order valence-corrected chi connectivity index (χ3v) is 2.22. The molecule has 0 aliphatic heterocycles. The highest BCUT2D eigenvalue weighted by Gasteiger charge is 2.20. The highest BCUT2D eigenvalue weighted by Crippen LogP contribution is 2.19. The molecule has 0 heterocycles. The van der Waals surface area contributed by atoms with Crippen LogP contribution in [0.1, 0.15) is 32.1 Å². The van der Waals surface area contributed by atoms with Gasteiger partial charge >= 0.3 is 0 Å². The Balaban J connectivity index is 2.35. The second kappa shape index (κ2) is 3.94. The van der Waals surface area contributed by atoms with Crippen molar-refractivity contribution < 1.29 is 9.84 Å². The molecule has 1 aliphatic rings. The van der Waals surface area contributed by atoms with E-state index in [0.29, 0.717) is 0 Å². The lowest BCUT2D eigenvalue weighted by Crippen LogP contribution is -2.26. The standard InChI is InChI=1S/C8H16O2/c1-10-8-6-4-2-3-5-7(8)9/h7-9H,2-6H2,1H3/t7-,8-/m0/s1. The van der Waals surface area contributed by atoms with E-state index in [1.807, 2.05) is 0 Å². The van der Waals surface area contributed by atoms with Crippen LogP contribution < -0.4 is 0 Å². The van der Waals surface area contributed by atoms with Gasteiger partial charge in [0.2, 0.25) is 0 Å². The van der Waals surface area contributed by atoms with Crippen molar-refractivity contribution in [2.45, 2.75) is 44.3 Å². The largest absolute Gasteiger partial charge is 0.390 e. The molecule has 0 amide bonds. The minimum absolute atomic E-state index is 0.0995. The van der Waals surface area contributed by atoms with Crippen molar-refractivity contribution in [2.24, 2.45) is 0 Å². The van der Waals surface area contributed by atoms with Gasteiger partial charge in [-0.05, 0) is 12.8 Å². The summed E-state index contributed by atoms with van der Waals surface area (Å²) in [5.74, 6) is 0. The van der Waals surface area contributed by atoms with Crippen LogP contribution in [0.5, 0.6) is 0 Å². The van der Waals surface area contributed by atoms with Gasteiger partial charge in [0, 0.05) is 7.11 Å². The molecule has 0 radical (unpaired) electrons. The van der Waals surface area contributed by atoms with E-state index in [0.717, 1.165) is 19.3 Å². The van der Waals surface area contributed by atoms with Crippen molar-refractivity contribution in [3.05, 3.63) is 0 Å². The van der Waals surface area contributed by atoms with Crippen LogP contribution in [0.4, 0.5) is 0 Å². The van der Waals surface area contributed by atoms with Crippen molar-refractivity contribution in [3.63, 3.8) is 0 Å². The monoisotopic (exact) mass is 144 g/mol. The number of hydrogen-bond donors (Lipinski definition) is 1. The molecule has 1 aliphatic carbocycles. The van der Waals surface area contributed by atoms with Gasteiger partial charge in [-0.25, -0.2) is 0 Å². The fraction of sp³-hybridized carbons (Fsp3) is 1.00. The summed E-state index contributed by atoms with van der Waals surface area (Å²) in [6, 6.07) is 0. The molecule has 0 saturated heterocycles. The normalized spacial score (nSPS) is 35.4. The maximum atomic E-state index is 9.42. The lowest BCUT2D eigenvalue weighted by molar-refractivity contribution is -0.0148. The molecule has 10 heavy (non-hydrogen) atoms. The molecule has 0 unspecified atom stereocenters. The van der Waals surface area contributed by atoms with Crippen LogP contribution in [0, 0.1) is 0 Å². The lowest BCUT2D eigenvalue weighted by Gasteiger charge is -2.17. The average molecular weight is 144 g/mol. The molecular formula is C8H16O2. The summed E-state index contributed by atoms with van der Waals surface area (Å²) in [4.78, 5) is 0. The van der Waals surface area contributed by atoms with Crippen molar-refractivity contribution in [1.82, 2.24) is 0 Å². The van der Waals surface area contributed by atoms with Crippen molar-refractivity contribution in [2.75, 3.05) is 7.11 Å². The van der Waals surface area contributed by atoms with E-state index < -0.39 is 0 Å². The Morgan fingerprint density at radius 3 is 2.60 bits per heavy atom. The third-order valence-electron chi connectivity index (χ3n) is 2.22. The first-order chi connectivity index (χ1) is 4.84. The number of methoxy groups -OCH3 is 1. The molecule has 0 aromatic carbocycles. The molecule has 0 bridgehead atoms. The highest BCUT2D eigenvalue weighted by molar-refractivity contribution is 4.72. The fourth-order valence-electron chi connectivity index (χ4n) is 1.53. The zero-order valence-corrected chi connectivity index (χ0v) is 6.55. The van der Waals surface area contributed by atoms with Crippen LogP contribution in [0.25, 0.3) is 0 Å². The molecule has 1 saturated carbocycles. The summed E-state index contributed by atoms with van der Waals surface area (Å²) in [6.07, 6.45) is 5.43. The van der Waals surface area contributed by atoms with Crippen LogP contribution in [0.15, 0.2) is 0 Å². The molecule has 0 aromatic heterocycles. The van der Waals surface area contributed by atoms with Gasteiger partial charge in [0.05, 0.1) is 12.2 Å². The molecule has 60 valence electrons. The van der Waals surface area contributed by atoms with Crippen LogP contribution in [-0.2, 0) is 4.74 Å². The summed E-state index contributed by atoms with van der Waals surface area (Å²) >= 11 is 0. The van der Waals surface area contributed by atoms with Gasteiger partial charge in [0.15, 0.2) is 0 Å². The quantitative estimate of drug-likeness (QED) is 0.562. The van der Waals surface area contributed by atoms with Gasteiger partial charge in [-0.3, -0.25) is 0 Å². The summed E-state index contributed by atoms with van der Waals surface area (Å²) in [5, 5.41) is 9.42. The second-order valence-electron chi connectivity index (χ2n) is 2.98. The lowest BCUT2D eigenvalue weighted by atomic mass is 10.1. The summed E-state index contributed by atoms with van der Waals surface area (Å²) in [5.41, 5.74) is 0. The van der Waals surface area contributed by atoms with Gasteiger partial charge in [0.25, 0.3) is 0 Å². The van der Waals surface area contributed by atoms with Crippen LogP contribution in [0.3, 0.4) is 0 Å². The molecule has 2 heteroatoms.